The molecule has 0 saturated carbocycles. The predicted molar refractivity (Wildman–Crippen MR) is 63.4 cm³/mol. The predicted octanol–water partition coefficient (Wildman–Crippen LogP) is 0.537. The molecule has 1 atom stereocenters. The summed E-state index contributed by atoms with van der Waals surface area (Å²) >= 11 is 0. The normalized spacial score (nSPS) is 19.8. The summed E-state index contributed by atoms with van der Waals surface area (Å²) in [6, 6.07) is 0. The second-order valence-electron chi connectivity index (χ2n) is 4.43. The number of nitrogens with two attached hydrogens (primary N) is 1. The van der Waals surface area contributed by atoms with Crippen molar-refractivity contribution >= 4 is 17.5 Å². The minimum atomic E-state index is -0.412. The van der Waals surface area contributed by atoms with Gasteiger partial charge in [0, 0.05) is 25.4 Å². The average molecular weight is 233 g/mol. The highest BCUT2D eigenvalue weighted by atomic mass is 16.2. The summed E-state index contributed by atoms with van der Waals surface area (Å²) in [5, 5.41) is 0. The van der Waals surface area contributed by atoms with E-state index in [0.717, 1.165) is 16.8 Å². The van der Waals surface area contributed by atoms with Crippen molar-refractivity contribution in [2.75, 3.05) is 11.4 Å². The van der Waals surface area contributed by atoms with Gasteiger partial charge in [-0.2, -0.15) is 0 Å². The minimum Gasteiger partial charge on any atom is -0.369 e. The Bertz CT molecular complexity index is 464. The Kier molecular flexibility index (Phi) is 2.83. The Morgan fingerprint density at radius 1 is 1.41 bits per heavy atom. The van der Waals surface area contributed by atoms with Crippen molar-refractivity contribution in [1.29, 1.82) is 0 Å². The minimum absolute atomic E-state index is 0.0498. The molecule has 1 aromatic rings. The lowest BCUT2D eigenvalue weighted by atomic mass is 10.1. The third-order valence-electron chi connectivity index (χ3n) is 3.08. The van der Waals surface area contributed by atoms with E-state index in [9.17, 15) is 9.59 Å². The molecule has 1 aliphatic rings. The topological polar surface area (TPSA) is 76.3 Å². The van der Waals surface area contributed by atoms with Crippen molar-refractivity contribution in [2.45, 2.75) is 20.3 Å². The highest BCUT2D eigenvalue weighted by Gasteiger charge is 2.35. The second kappa shape index (κ2) is 4.16. The number of amides is 2. The lowest BCUT2D eigenvalue weighted by Gasteiger charge is -2.20. The van der Waals surface area contributed by atoms with Crippen LogP contribution in [-0.4, -0.2) is 23.3 Å². The van der Waals surface area contributed by atoms with Gasteiger partial charge in [0.15, 0.2) is 0 Å². The van der Waals surface area contributed by atoms with E-state index in [4.69, 9.17) is 5.73 Å². The van der Waals surface area contributed by atoms with Crippen molar-refractivity contribution in [3.63, 3.8) is 0 Å². The lowest BCUT2D eigenvalue weighted by Crippen LogP contribution is -2.29. The van der Waals surface area contributed by atoms with Crippen LogP contribution >= 0.6 is 0 Å². The smallest absolute Gasteiger partial charge is 0.227 e. The highest BCUT2D eigenvalue weighted by Crippen LogP contribution is 2.29. The molecular weight excluding hydrogens is 218 g/mol. The van der Waals surface area contributed by atoms with Crippen LogP contribution < -0.4 is 10.6 Å². The van der Waals surface area contributed by atoms with Gasteiger partial charge in [-0.3, -0.25) is 14.6 Å². The van der Waals surface area contributed by atoms with E-state index in [1.807, 2.05) is 13.8 Å². The van der Waals surface area contributed by atoms with Crippen LogP contribution in [0.15, 0.2) is 12.4 Å². The fraction of sp³-hybridized carbons (Fsp3) is 0.417. The maximum Gasteiger partial charge on any atom is 0.227 e. The molecule has 2 heterocycles. The molecule has 5 heteroatoms. The van der Waals surface area contributed by atoms with Crippen LogP contribution in [0.25, 0.3) is 0 Å². The number of nitrogens with zero attached hydrogens (tertiary/aromatic N) is 2. The number of carbonyl (C=O) groups is 2. The van der Waals surface area contributed by atoms with E-state index < -0.39 is 5.91 Å². The van der Waals surface area contributed by atoms with Crippen LogP contribution in [0.2, 0.25) is 0 Å². The zero-order chi connectivity index (χ0) is 12.6. The van der Waals surface area contributed by atoms with Gasteiger partial charge in [-0.15, -0.1) is 0 Å². The van der Waals surface area contributed by atoms with Gasteiger partial charge in [0.2, 0.25) is 11.8 Å². The molecule has 1 saturated heterocycles. The maximum absolute atomic E-state index is 11.9. The van der Waals surface area contributed by atoms with Crippen LogP contribution in [0.4, 0.5) is 5.69 Å². The standard InChI is InChI=1S/C12H15N3O2/c1-7-4-14-5-8(2)11(7)15-6-9(12(13)17)3-10(15)16/h4-5,9H,3,6H2,1-2H3,(H2,13,17). The molecule has 2 amide bonds. The fourth-order valence-electron chi connectivity index (χ4n) is 2.23. The van der Waals surface area contributed by atoms with Crippen molar-refractivity contribution in [1.82, 2.24) is 4.98 Å². The second-order valence-corrected chi connectivity index (χ2v) is 4.43. The van der Waals surface area contributed by atoms with Crippen molar-refractivity contribution in [2.24, 2.45) is 11.7 Å². The van der Waals surface area contributed by atoms with E-state index in [1.165, 1.54) is 0 Å². The molecule has 90 valence electrons. The molecule has 1 unspecified atom stereocenters. The zero-order valence-corrected chi connectivity index (χ0v) is 9.93. The molecule has 0 aliphatic carbocycles. The summed E-state index contributed by atoms with van der Waals surface area (Å²) in [4.78, 5) is 28.7. The molecule has 2 rings (SSSR count). The largest absolute Gasteiger partial charge is 0.369 e. The van der Waals surface area contributed by atoms with Crippen LogP contribution in [0.3, 0.4) is 0 Å². The Morgan fingerprint density at radius 2 is 2.00 bits per heavy atom. The van der Waals surface area contributed by atoms with Gasteiger partial charge >= 0.3 is 0 Å². The van der Waals surface area contributed by atoms with E-state index in [2.05, 4.69) is 4.98 Å². The number of aryl methyl sites for hydroxylation is 2. The summed E-state index contributed by atoms with van der Waals surface area (Å²) in [5.41, 5.74) is 7.97. The van der Waals surface area contributed by atoms with Gasteiger partial charge < -0.3 is 10.6 Å². The van der Waals surface area contributed by atoms with Gasteiger partial charge in [-0.1, -0.05) is 0 Å². The van der Waals surface area contributed by atoms with Crippen LogP contribution in [-0.2, 0) is 9.59 Å². The Hall–Kier alpha value is -1.91. The van der Waals surface area contributed by atoms with E-state index in [1.54, 1.807) is 17.3 Å². The first-order valence-electron chi connectivity index (χ1n) is 5.51. The monoisotopic (exact) mass is 233 g/mol. The third kappa shape index (κ3) is 2.00. The molecule has 1 aliphatic heterocycles. The Labute approximate surface area is 99.6 Å². The SMILES string of the molecule is Cc1cncc(C)c1N1CC(C(N)=O)CC1=O. The Balaban J connectivity index is 2.35. The molecule has 17 heavy (non-hydrogen) atoms. The van der Waals surface area contributed by atoms with Gasteiger partial charge in [-0.25, -0.2) is 0 Å². The molecule has 0 bridgehead atoms. The van der Waals surface area contributed by atoms with Crippen LogP contribution in [0, 0.1) is 19.8 Å². The molecule has 0 spiro atoms. The number of rotatable bonds is 2. The van der Waals surface area contributed by atoms with E-state index >= 15 is 0 Å². The van der Waals surface area contributed by atoms with Crippen LogP contribution in [0.5, 0.6) is 0 Å². The van der Waals surface area contributed by atoms with Gasteiger partial charge in [0.25, 0.3) is 0 Å². The lowest BCUT2D eigenvalue weighted by molar-refractivity contribution is -0.123. The fourth-order valence-corrected chi connectivity index (χ4v) is 2.23. The first-order valence-corrected chi connectivity index (χ1v) is 5.51. The number of primary amides is 1. The van der Waals surface area contributed by atoms with E-state index in [-0.39, 0.29) is 18.2 Å². The summed E-state index contributed by atoms with van der Waals surface area (Å²) in [6.07, 6.45) is 3.64. The summed E-state index contributed by atoms with van der Waals surface area (Å²) in [7, 11) is 0. The number of anilines is 1. The van der Waals surface area contributed by atoms with Crippen molar-refractivity contribution in [3.8, 4) is 0 Å². The third-order valence-corrected chi connectivity index (χ3v) is 3.08. The molecule has 0 radical (unpaired) electrons. The molecule has 1 aromatic heterocycles. The first-order chi connectivity index (χ1) is 8.00. The number of aromatic nitrogens is 1. The van der Waals surface area contributed by atoms with Crippen molar-refractivity contribution in [3.05, 3.63) is 23.5 Å². The van der Waals surface area contributed by atoms with Crippen molar-refractivity contribution < 1.29 is 9.59 Å². The Morgan fingerprint density at radius 3 is 2.47 bits per heavy atom. The molecular formula is C12H15N3O2. The number of carbonyl (C=O) groups excluding carboxylic acids is 2. The molecule has 0 aromatic carbocycles. The zero-order valence-electron chi connectivity index (χ0n) is 9.93. The summed E-state index contributed by atoms with van der Waals surface area (Å²) in [6.45, 7) is 4.18. The molecule has 2 N–H and O–H groups in total. The maximum atomic E-state index is 11.9. The average Bonchev–Trinajstić information content (AvgIpc) is 2.61. The summed E-state index contributed by atoms with van der Waals surface area (Å²) < 4.78 is 0. The molecule has 5 nitrogen and oxygen atoms in total. The van der Waals surface area contributed by atoms with Gasteiger partial charge in [0.05, 0.1) is 11.6 Å². The number of pyridine rings is 1. The summed E-state index contributed by atoms with van der Waals surface area (Å²) in [5.74, 6) is -0.842. The number of hydrogen-bond acceptors (Lipinski definition) is 3. The first kappa shape index (κ1) is 11.6. The molecule has 1 fully saturated rings. The quantitative estimate of drug-likeness (QED) is 0.809. The highest BCUT2D eigenvalue weighted by molar-refractivity contribution is 6.01. The van der Waals surface area contributed by atoms with Gasteiger partial charge in [-0.05, 0) is 25.0 Å². The number of hydrogen-bond donors (Lipinski definition) is 1. The van der Waals surface area contributed by atoms with Crippen LogP contribution in [0.1, 0.15) is 17.5 Å². The van der Waals surface area contributed by atoms with Gasteiger partial charge in [0.1, 0.15) is 0 Å². The van der Waals surface area contributed by atoms with E-state index in [0.29, 0.717) is 6.54 Å².